The number of thiophene rings is 1. The van der Waals surface area contributed by atoms with E-state index in [9.17, 15) is 9.59 Å². The van der Waals surface area contributed by atoms with Crippen LogP contribution in [0.4, 0.5) is 0 Å². The van der Waals surface area contributed by atoms with Gasteiger partial charge in [0.05, 0.1) is 19.3 Å². The predicted octanol–water partition coefficient (Wildman–Crippen LogP) is 6.11. The lowest BCUT2D eigenvalue weighted by molar-refractivity contribution is -0.222. The van der Waals surface area contributed by atoms with Gasteiger partial charge in [-0.05, 0) is 59.9 Å². The zero-order valence-electron chi connectivity index (χ0n) is 25.1. The van der Waals surface area contributed by atoms with Crippen molar-refractivity contribution in [3.8, 4) is 10.4 Å². The van der Waals surface area contributed by atoms with E-state index in [1.165, 1.54) is 45.9 Å². The van der Waals surface area contributed by atoms with E-state index >= 15 is 0 Å². The normalized spacial score (nSPS) is 24.7. The molecular formula is C34H41NO6S. The van der Waals surface area contributed by atoms with Crippen LogP contribution in [-0.2, 0) is 41.5 Å². The molecule has 1 aromatic heterocycles. The second kappa shape index (κ2) is 13.5. The van der Waals surface area contributed by atoms with Crippen molar-refractivity contribution in [3.63, 3.8) is 0 Å². The van der Waals surface area contributed by atoms with Gasteiger partial charge in [0, 0.05) is 55.6 Å². The van der Waals surface area contributed by atoms with Gasteiger partial charge in [0.2, 0.25) is 0 Å². The molecule has 2 aromatic carbocycles. The van der Waals surface area contributed by atoms with E-state index in [1.807, 2.05) is 31.3 Å². The Hall–Kier alpha value is -3.04. The Morgan fingerprint density at radius 1 is 0.952 bits per heavy atom. The van der Waals surface area contributed by atoms with Gasteiger partial charge in [-0.25, -0.2) is 0 Å². The molecule has 7 nitrogen and oxygen atoms in total. The van der Waals surface area contributed by atoms with Crippen LogP contribution in [0.3, 0.4) is 0 Å². The number of aryl methyl sites for hydroxylation is 1. The highest BCUT2D eigenvalue weighted by Gasteiger charge is 2.47. The Labute approximate surface area is 252 Å². The quantitative estimate of drug-likeness (QED) is 0.293. The molecule has 0 aliphatic carbocycles. The third kappa shape index (κ3) is 7.29. The highest BCUT2D eigenvalue weighted by atomic mass is 32.1. The van der Waals surface area contributed by atoms with E-state index in [4.69, 9.17) is 18.9 Å². The monoisotopic (exact) mass is 591 g/mol. The second-order valence-corrected chi connectivity index (χ2v) is 12.7. The van der Waals surface area contributed by atoms with Gasteiger partial charge < -0.3 is 18.9 Å². The first-order chi connectivity index (χ1) is 20.2. The summed E-state index contributed by atoms with van der Waals surface area (Å²) in [4.78, 5) is 29.0. The number of morpholine rings is 1. The SMILES string of the molecule is CC(=O)O[C@H]1[C@H](C)[C@@H](C)OC(c2ccc(C)c(Cc3ccc(-c4cccc(CN5CCOCC5)c4)s3)c2)[C@@H]1OC(C)=O. The topological polar surface area (TPSA) is 74.3 Å². The van der Waals surface area contributed by atoms with Gasteiger partial charge in [0.25, 0.3) is 0 Å². The number of ether oxygens (including phenoxy) is 4. The van der Waals surface area contributed by atoms with Gasteiger partial charge in [0.1, 0.15) is 12.2 Å². The molecule has 0 amide bonds. The highest BCUT2D eigenvalue weighted by Crippen LogP contribution is 2.39. The van der Waals surface area contributed by atoms with Crippen molar-refractivity contribution in [1.29, 1.82) is 0 Å². The minimum Gasteiger partial charge on any atom is -0.458 e. The average molecular weight is 592 g/mol. The van der Waals surface area contributed by atoms with Gasteiger partial charge in [-0.2, -0.15) is 0 Å². The van der Waals surface area contributed by atoms with E-state index < -0.39 is 30.3 Å². The number of benzene rings is 2. The van der Waals surface area contributed by atoms with E-state index in [0.29, 0.717) is 0 Å². The van der Waals surface area contributed by atoms with Crippen LogP contribution in [0.25, 0.3) is 10.4 Å². The number of hydrogen-bond acceptors (Lipinski definition) is 8. The van der Waals surface area contributed by atoms with E-state index in [1.54, 1.807) is 0 Å². The summed E-state index contributed by atoms with van der Waals surface area (Å²) in [5, 5.41) is 0. The van der Waals surface area contributed by atoms with Gasteiger partial charge in [-0.1, -0.05) is 43.3 Å². The third-order valence-corrected chi connectivity index (χ3v) is 9.43. The van der Waals surface area contributed by atoms with Crippen LogP contribution < -0.4 is 0 Å². The molecule has 0 spiro atoms. The first-order valence-electron chi connectivity index (χ1n) is 14.8. The average Bonchev–Trinajstić information content (AvgIpc) is 3.43. The van der Waals surface area contributed by atoms with Crippen LogP contribution in [0.2, 0.25) is 0 Å². The Kier molecular flexibility index (Phi) is 9.78. The standard InChI is InChI=1S/C34H41NO6S/c1-21-9-10-28(33-34(41-25(5)37)32(40-24(4)36)22(2)23(3)39-33)18-29(21)19-30-11-12-31(42-30)27-8-6-7-26(17-27)20-35-13-15-38-16-14-35/h6-12,17-18,22-23,32-34H,13-16,19-20H2,1-5H3/t22-,23-,32+,33?,34-/m1/s1. The molecule has 2 aliphatic heterocycles. The van der Waals surface area contributed by atoms with Crippen molar-refractivity contribution in [2.24, 2.45) is 5.92 Å². The number of rotatable bonds is 8. The maximum atomic E-state index is 12.1. The lowest BCUT2D eigenvalue weighted by Crippen LogP contribution is -2.52. The fourth-order valence-electron chi connectivity index (χ4n) is 5.84. The first-order valence-corrected chi connectivity index (χ1v) is 15.6. The van der Waals surface area contributed by atoms with Crippen LogP contribution >= 0.6 is 11.3 Å². The molecule has 3 heterocycles. The van der Waals surface area contributed by atoms with Crippen molar-refractivity contribution >= 4 is 23.3 Å². The summed E-state index contributed by atoms with van der Waals surface area (Å²) in [5.74, 6) is -0.960. The molecule has 0 radical (unpaired) electrons. The van der Waals surface area contributed by atoms with E-state index in [0.717, 1.165) is 44.8 Å². The number of carbonyl (C=O) groups is 2. The van der Waals surface area contributed by atoms with Crippen molar-refractivity contribution in [1.82, 2.24) is 4.90 Å². The summed E-state index contributed by atoms with van der Waals surface area (Å²) in [5.41, 5.74) is 5.83. The van der Waals surface area contributed by atoms with Crippen molar-refractivity contribution < 1.29 is 28.5 Å². The number of carbonyl (C=O) groups excluding carboxylic acids is 2. The summed E-state index contributed by atoms with van der Waals surface area (Å²) in [6.45, 7) is 13.3. The Balaban J connectivity index is 1.36. The molecule has 42 heavy (non-hydrogen) atoms. The van der Waals surface area contributed by atoms with Gasteiger partial charge in [0.15, 0.2) is 6.10 Å². The van der Waals surface area contributed by atoms with Gasteiger partial charge in [-0.15, -0.1) is 11.3 Å². The molecule has 2 saturated heterocycles. The van der Waals surface area contributed by atoms with Gasteiger partial charge in [-0.3, -0.25) is 14.5 Å². The van der Waals surface area contributed by atoms with Crippen LogP contribution in [0.15, 0.2) is 54.6 Å². The summed E-state index contributed by atoms with van der Waals surface area (Å²) >= 11 is 1.81. The fourth-order valence-corrected chi connectivity index (χ4v) is 6.87. The Morgan fingerprint density at radius 3 is 2.43 bits per heavy atom. The largest absolute Gasteiger partial charge is 0.458 e. The molecule has 2 fully saturated rings. The summed E-state index contributed by atoms with van der Waals surface area (Å²) in [6.07, 6.45) is -1.27. The maximum Gasteiger partial charge on any atom is 0.303 e. The molecule has 0 bridgehead atoms. The van der Waals surface area contributed by atoms with Crippen molar-refractivity contribution in [2.45, 2.75) is 72.0 Å². The third-order valence-electron chi connectivity index (χ3n) is 8.30. The van der Waals surface area contributed by atoms with Crippen LogP contribution in [0.1, 0.15) is 60.9 Å². The van der Waals surface area contributed by atoms with Gasteiger partial charge >= 0.3 is 11.9 Å². The molecule has 8 heteroatoms. The summed E-state index contributed by atoms with van der Waals surface area (Å²) in [7, 11) is 0. The molecular weight excluding hydrogens is 550 g/mol. The zero-order valence-corrected chi connectivity index (χ0v) is 25.9. The summed E-state index contributed by atoms with van der Waals surface area (Å²) in [6, 6.07) is 19.5. The Morgan fingerprint density at radius 2 is 1.69 bits per heavy atom. The zero-order chi connectivity index (χ0) is 29.8. The van der Waals surface area contributed by atoms with Crippen molar-refractivity contribution in [2.75, 3.05) is 26.3 Å². The molecule has 224 valence electrons. The van der Waals surface area contributed by atoms with Crippen LogP contribution in [0, 0.1) is 12.8 Å². The number of nitrogens with zero attached hydrogens (tertiary/aromatic N) is 1. The van der Waals surface area contributed by atoms with Crippen LogP contribution in [-0.4, -0.2) is 61.5 Å². The smallest absolute Gasteiger partial charge is 0.303 e. The minimum absolute atomic E-state index is 0.128. The molecule has 5 rings (SSSR count). The van der Waals surface area contributed by atoms with Crippen molar-refractivity contribution in [3.05, 3.63) is 81.7 Å². The molecule has 1 unspecified atom stereocenters. The van der Waals surface area contributed by atoms with E-state index in [-0.39, 0.29) is 12.0 Å². The minimum atomic E-state index is -0.730. The number of hydrogen-bond donors (Lipinski definition) is 0. The number of esters is 2. The molecule has 0 N–H and O–H groups in total. The fraction of sp³-hybridized carbons (Fsp3) is 0.471. The summed E-state index contributed by atoms with van der Waals surface area (Å²) < 4.78 is 23.3. The first kappa shape index (κ1) is 30.4. The lowest BCUT2D eigenvalue weighted by atomic mass is 9.85. The predicted molar refractivity (Wildman–Crippen MR) is 163 cm³/mol. The van der Waals surface area contributed by atoms with E-state index in [2.05, 4.69) is 60.4 Å². The highest BCUT2D eigenvalue weighted by molar-refractivity contribution is 7.15. The van der Waals surface area contributed by atoms with Crippen LogP contribution in [0.5, 0.6) is 0 Å². The molecule has 2 aliphatic rings. The second-order valence-electron chi connectivity index (χ2n) is 11.5. The lowest BCUT2D eigenvalue weighted by Gasteiger charge is -2.43. The maximum absolute atomic E-state index is 12.1. The molecule has 0 saturated carbocycles. The molecule has 5 atom stereocenters. The Bertz CT molecular complexity index is 1400. The molecule has 3 aromatic rings.